The number of benzene rings is 1. The number of halogens is 1. The fraction of sp³-hybridized carbons (Fsp3) is 0.385. The number of hydrogen-bond acceptors (Lipinski definition) is 4. The molecular formula is C13H16FN5. The van der Waals surface area contributed by atoms with E-state index in [0.29, 0.717) is 17.3 Å². The quantitative estimate of drug-likeness (QED) is 0.856. The molecule has 1 saturated heterocycles. The first-order chi connectivity index (χ1) is 9.24. The number of H-pyrrole nitrogens is 1. The minimum absolute atomic E-state index is 0.284. The zero-order valence-corrected chi connectivity index (χ0v) is 10.8. The second-order valence-electron chi connectivity index (χ2n) is 4.70. The number of rotatable bonds is 2. The topological polar surface area (TPSA) is 56.8 Å². The van der Waals surface area contributed by atoms with E-state index in [4.69, 9.17) is 0 Å². The third kappa shape index (κ3) is 2.44. The number of aryl methyl sites for hydroxylation is 1. The molecule has 6 heteroatoms. The van der Waals surface area contributed by atoms with Crippen molar-refractivity contribution in [1.82, 2.24) is 20.5 Å². The lowest BCUT2D eigenvalue weighted by molar-refractivity contribution is 0.580. The highest BCUT2D eigenvalue weighted by Crippen LogP contribution is 2.22. The number of anilines is 1. The van der Waals surface area contributed by atoms with Crippen LogP contribution in [0.4, 0.5) is 10.3 Å². The van der Waals surface area contributed by atoms with Gasteiger partial charge in [-0.2, -0.15) is 4.98 Å². The Balaban J connectivity index is 1.89. The van der Waals surface area contributed by atoms with Gasteiger partial charge in [0, 0.05) is 26.2 Å². The van der Waals surface area contributed by atoms with Gasteiger partial charge in [-0.15, -0.1) is 5.10 Å². The van der Waals surface area contributed by atoms with Crippen molar-refractivity contribution in [2.75, 3.05) is 31.1 Å². The minimum atomic E-state index is -0.284. The summed E-state index contributed by atoms with van der Waals surface area (Å²) in [4.78, 5) is 6.49. The van der Waals surface area contributed by atoms with Crippen molar-refractivity contribution in [2.24, 2.45) is 0 Å². The Morgan fingerprint density at radius 3 is 2.84 bits per heavy atom. The van der Waals surface area contributed by atoms with Crippen molar-refractivity contribution >= 4 is 5.95 Å². The summed E-state index contributed by atoms with van der Waals surface area (Å²) in [5, 5.41) is 10.3. The molecule has 1 aromatic heterocycles. The molecule has 3 rings (SSSR count). The van der Waals surface area contributed by atoms with Gasteiger partial charge in [0.25, 0.3) is 0 Å². The smallest absolute Gasteiger partial charge is 0.245 e. The van der Waals surface area contributed by atoms with E-state index >= 15 is 0 Å². The SMILES string of the molecule is Cc1ccc(F)c(-c2nc(N3CCNCC3)n[nH]2)c1. The summed E-state index contributed by atoms with van der Waals surface area (Å²) in [5.74, 6) is 0.834. The van der Waals surface area contributed by atoms with Crippen LogP contribution in [0.1, 0.15) is 5.56 Å². The third-order valence-electron chi connectivity index (χ3n) is 3.25. The molecule has 2 heterocycles. The fourth-order valence-corrected chi connectivity index (χ4v) is 2.20. The number of nitrogens with zero attached hydrogens (tertiary/aromatic N) is 3. The van der Waals surface area contributed by atoms with Crippen LogP contribution in [0.3, 0.4) is 0 Å². The number of hydrogen-bond donors (Lipinski definition) is 2. The summed E-state index contributed by atoms with van der Waals surface area (Å²) >= 11 is 0. The van der Waals surface area contributed by atoms with Crippen molar-refractivity contribution < 1.29 is 4.39 Å². The zero-order valence-electron chi connectivity index (χ0n) is 10.8. The number of aromatic amines is 1. The predicted octanol–water partition coefficient (Wildman–Crippen LogP) is 1.33. The van der Waals surface area contributed by atoms with E-state index < -0.39 is 0 Å². The molecule has 5 nitrogen and oxygen atoms in total. The number of piperazine rings is 1. The Labute approximate surface area is 110 Å². The van der Waals surface area contributed by atoms with Crippen LogP contribution < -0.4 is 10.2 Å². The molecule has 1 aliphatic rings. The van der Waals surface area contributed by atoms with Crippen molar-refractivity contribution in [1.29, 1.82) is 0 Å². The Kier molecular flexibility index (Phi) is 3.16. The van der Waals surface area contributed by atoms with Crippen LogP contribution in [0, 0.1) is 12.7 Å². The van der Waals surface area contributed by atoms with Gasteiger partial charge in [0.1, 0.15) is 5.82 Å². The van der Waals surface area contributed by atoms with Crippen molar-refractivity contribution in [3.63, 3.8) is 0 Å². The molecule has 0 aliphatic carbocycles. The van der Waals surface area contributed by atoms with Gasteiger partial charge in [0.2, 0.25) is 5.95 Å². The van der Waals surface area contributed by atoms with Crippen LogP contribution in [-0.2, 0) is 0 Å². The molecule has 0 saturated carbocycles. The monoisotopic (exact) mass is 261 g/mol. The van der Waals surface area contributed by atoms with E-state index in [9.17, 15) is 4.39 Å². The lowest BCUT2D eigenvalue weighted by atomic mass is 10.1. The van der Waals surface area contributed by atoms with Gasteiger partial charge in [0.15, 0.2) is 5.82 Å². The maximum Gasteiger partial charge on any atom is 0.245 e. The molecule has 0 spiro atoms. The zero-order chi connectivity index (χ0) is 13.2. The van der Waals surface area contributed by atoms with E-state index in [1.807, 2.05) is 6.92 Å². The molecule has 19 heavy (non-hydrogen) atoms. The van der Waals surface area contributed by atoms with E-state index in [1.54, 1.807) is 12.1 Å². The molecule has 100 valence electrons. The molecule has 2 N–H and O–H groups in total. The average molecular weight is 261 g/mol. The maximum atomic E-state index is 13.8. The van der Waals surface area contributed by atoms with Crippen molar-refractivity contribution in [3.05, 3.63) is 29.6 Å². The molecule has 1 aromatic carbocycles. The first-order valence-corrected chi connectivity index (χ1v) is 6.38. The highest BCUT2D eigenvalue weighted by molar-refractivity contribution is 5.58. The van der Waals surface area contributed by atoms with Gasteiger partial charge < -0.3 is 10.2 Å². The first-order valence-electron chi connectivity index (χ1n) is 6.38. The largest absolute Gasteiger partial charge is 0.337 e. The summed E-state index contributed by atoms with van der Waals surface area (Å²) < 4.78 is 13.8. The van der Waals surface area contributed by atoms with E-state index in [1.165, 1.54) is 6.07 Å². The molecule has 1 fully saturated rings. The lowest BCUT2D eigenvalue weighted by Crippen LogP contribution is -2.44. The van der Waals surface area contributed by atoms with Gasteiger partial charge in [-0.25, -0.2) is 4.39 Å². The third-order valence-corrected chi connectivity index (χ3v) is 3.25. The van der Waals surface area contributed by atoms with Gasteiger partial charge in [-0.05, 0) is 19.1 Å². The highest BCUT2D eigenvalue weighted by atomic mass is 19.1. The van der Waals surface area contributed by atoms with Crippen LogP contribution in [-0.4, -0.2) is 41.4 Å². The Bertz CT molecular complexity index is 574. The summed E-state index contributed by atoms with van der Waals surface area (Å²) in [7, 11) is 0. The minimum Gasteiger partial charge on any atom is -0.337 e. The number of nitrogens with one attached hydrogen (secondary N) is 2. The lowest BCUT2D eigenvalue weighted by Gasteiger charge is -2.25. The van der Waals surface area contributed by atoms with Crippen LogP contribution in [0.25, 0.3) is 11.4 Å². The summed E-state index contributed by atoms with van der Waals surface area (Å²) in [6.07, 6.45) is 0. The summed E-state index contributed by atoms with van der Waals surface area (Å²) in [6.45, 7) is 5.50. The van der Waals surface area contributed by atoms with E-state index in [-0.39, 0.29) is 5.82 Å². The molecule has 0 amide bonds. The van der Waals surface area contributed by atoms with Crippen LogP contribution >= 0.6 is 0 Å². The highest BCUT2D eigenvalue weighted by Gasteiger charge is 2.16. The first kappa shape index (κ1) is 12.1. The van der Waals surface area contributed by atoms with Crippen molar-refractivity contribution in [3.8, 4) is 11.4 Å². The second kappa shape index (κ2) is 4.97. The molecule has 0 atom stereocenters. The normalized spacial score (nSPS) is 15.8. The number of aromatic nitrogens is 3. The molecular weight excluding hydrogens is 245 g/mol. The van der Waals surface area contributed by atoms with Gasteiger partial charge in [-0.1, -0.05) is 11.6 Å². The van der Waals surface area contributed by atoms with Gasteiger partial charge >= 0.3 is 0 Å². The Hall–Kier alpha value is -1.95. The molecule has 2 aromatic rings. The Morgan fingerprint density at radius 2 is 2.05 bits per heavy atom. The van der Waals surface area contributed by atoms with E-state index in [0.717, 1.165) is 31.7 Å². The Morgan fingerprint density at radius 1 is 1.26 bits per heavy atom. The van der Waals surface area contributed by atoms with Crippen LogP contribution in [0.5, 0.6) is 0 Å². The maximum absolute atomic E-state index is 13.8. The summed E-state index contributed by atoms with van der Waals surface area (Å²) in [6, 6.07) is 4.97. The van der Waals surface area contributed by atoms with Crippen LogP contribution in [0.2, 0.25) is 0 Å². The van der Waals surface area contributed by atoms with Crippen molar-refractivity contribution in [2.45, 2.75) is 6.92 Å². The van der Waals surface area contributed by atoms with E-state index in [2.05, 4.69) is 25.4 Å². The standard InChI is InChI=1S/C13H16FN5/c1-9-2-3-11(14)10(8-9)12-16-13(18-17-12)19-6-4-15-5-7-19/h2-3,8,15H,4-7H2,1H3,(H,16,17,18). The molecule has 0 radical (unpaired) electrons. The second-order valence-corrected chi connectivity index (χ2v) is 4.70. The van der Waals surface area contributed by atoms with Crippen LogP contribution in [0.15, 0.2) is 18.2 Å². The molecule has 0 unspecified atom stereocenters. The van der Waals surface area contributed by atoms with Gasteiger partial charge in [-0.3, -0.25) is 5.10 Å². The average Bonchev–Trinajstić information content (AvgIpc) is 2.92. The molecule has 0 bridgehead atoms. The predicted molar refractivity (Wildman–Crippen MR) is 71.6 cm³/mol. The fourth-order valence-electron chi connectivity index (χ4n) is 2.20. The summed E-state index contributed by atoms with van der Waals surface area (Å²) in [5.41, 5.74) is 1.46. The van der Waals surface area contributed by atoms with Gasteiger partial charge in [0.05, 0.1) is 5.56 Å². The molecule has 1 aliphatic heterocycles.